The van der Waals surface area contributed by atoms with Gasteiger partial charge in [-0.2, -0.15) is 13.9 Å². The van der Waals surface area contributed by atoms with E-state index in [-0.39, 0.29) is 17.1 Å². The van der Waals surface area contributed by atoms with Crippen LogP contribution in [0.15, 0.2) is 54.7 Å². The Balaban J connectivity index is 1.69. The number of alkyl halides is 2. The van der Waals surface area contributed by atoms with Gasteiger partial charge in [0.1, 0.15) is 11.4 Å². The van der Waals surface area contributed by atoms with Gasteiger partial charge in [-0.05, 0) is 24.3 Å². The zero-order valence-electron chi connectivity index (χ0n) is 13.2. The lowest BCUT2D eigenvalue weighted by atomic mass is 10.2. The van der Waals surface area contributed by atoms with Gasteiger partial charge < -0.3 is 4.74 Å². The van der Waals surface area contributed by atoms with Crippen molar-refractivity contribution < 1.29 is 23.1 Å². The highest BCUT2D eigenvalue weighted by Gasteiger charge is 2.48. The third-order valence-electron chi connectivity index (χ3n) is 3.91. The molecule has 0 atom stereocenters. The van der Waals surface area contributed by atoms with Gasteiger partial charge in [0.15, 0.2) is 17.3 Å². The number of esters is 1. The minimum atomic E-state index is -3.33. The normalized spacial score (nSPS) is 14.9. The Hall–Kier alpha value is -3.42. The van der Waals surface area contributed by atoms with Crippen LogP contribution in [0.25, 0.3) is 5.82 Å². The number of hydrogen-bond donors (Lipinski definition) is 0. The lowest BCUT2D eigenvalue weighted by Gasteiger charge is -2.12. The predicted molar refractivity (Wildman–Crippen MR) is 85.6 cm³/mol. The molecule has 0 aliphatic heterocycles. The van der Waals surface area contributed by atoms with Crippen molar-refractivity contribution in [2.45, 2.75) is 12.3 Å². The molecule has 3 aromatic rings. The van der Waals surface area contributed by atoms with Crippen molar-refractivity contribution in [3.05, 3.63) is 71.7 Å². The SMILES string of the molecule is O=C(Oc1ccccc1)c1cccc(-n2ncc3c2C(F)(F)CC3=O)n1. The Kier molecular flexibility index (Phi) is 3.61. The number of hydrogen-bond acceptors (Lipinski definition) is 5. The first-order valence-electron chi connectivity index (χ1n) is 7.70. The summed E-state index contributed by atoms with van der Waals surface area (Å²) in [5, 5.41) is 3.84. The zero-order valence-corrected chi connectivity index (χ0v) is 13.2. The van der Waals surface area contributed by atoms with Gasteiger partial charge in [0.05, 0.1) is 18.2 Å². The van der Waals surface area contributed by atoms with Gasteiger partial charge in [0, 0.05) is 0 Å². The number of benzene rings is 1. The summed E-state index contributed by atoms with van der Waals surface area (Å²) >= 11 is 0. The van der Waals surface area contributed by atoms with Crippen LogP contribution >= 0.6 is 0 Å². The highest BCUT2D eigenvalue weighted by atomic mass is 19.3. The molecule has 0 radical (unpaired) electrons. The van der Waals surface area contributed by atoms with Crippen LogP contribution in [0.2, 0.25) is 0 Å². The summed E-state index contributed by atoms with van der Waals surface area (Å²) in [4.78, 5) is 28.0. The second-order valence-electron chi connectivity index (χ2n) is 5.71. The number of Topliss-reactive ketones (excluding diaryl/α,β-unsaturated/α-hetero) is 1. The smallest absolute Gasteiger partial charge is 0.362 e. The quantitative estimate of drug-likeness (QED) is 0.533. The maximum absolute atomic E-state index is 14.1. The number of carbonyl (C=O) groups excluding carboxylic acids is 2. The molecular formula is C18H11F2N3O3. The molecule has 1 aliphatic rings. The molecule has 1 aliphatic carbocycles. The third-order valence-corrected chi connectivity index (χ3v) is 3.91. The highest BCUT2D eigenvalue weighted by Crippen LogP contribution is 2.42. The number of nitrogens with zero attached hydrogens (tertiary/aromatic N) is 3. The number of aromatic nitrogens is 3. The van der Waals surface area contributed by atoms with E-state index >= 15 is 0 Å². The average molecular weight is 355 g/mol. The molecule has 8 heteroatoms. The van der Waals surface area contributed by atoms with E-state index in [9.17, 15) is 18.4 Å². The number of ketones is 1. The molecule has 6 nitrogen and oxygen atoms in total. The summed E-state index contributed by atoms with van der Waals surface area (Å²) in [5.41, 5.74) is -0.708. The molecule has 0 saturated carbocycles. The van der Waals surface area contributed by atoms with E-state index in [2.05, 4.69) is 10.1 Å². The van der Waals surface area contributed by atoms with Crippen LogP contribution in [0.4, 0.5) is 8.78 Å². The molecule has 0 unspecified atom stereocenters. The predicted octanol–water partition coefficient (Wildman–Crippen LogP) is 3.16. The van der Waals surface area contributed by atoms with Crippen molar-refractivity contribution in [1.82, 2.24) is 14.8 Å². The standard InChI is InChI=1S/C18H11F2N3O3/c19-18(20)9-14(24)12-10-21-23(16(12)18)15-8-4-7-13(22-15)17(25)26-11-5-2-1-3-6-11/h1-8,10H,9H2. The maximum atomic E-state index is 14.1. The highest BCUT2D eigenvalue weighted by molar-refractivity contribution is 6.01. The van der Waals surface area contributed by atoms with Crippen molar-refractivity contribution in [3.63, 3.8) is 0 Å². The van der Waals surface area contributed by atoms with Crippen molar-refractivity contribution in [1.29, 1.82) is 0 Å². The minimum absolute atomic E-state index is 0.00290. The summed E-state index contributed by atoms with van der Waals surface area (Å²) in [6.45, 7) is 0. The number of pyridine rings is 1. The summed E-state index contributed by atoms with van der Waals surface area (Å²) in [7, 11) is 0. The number of ether oxygens (including phenoxy) is 1. The van der Waals surface area contributed by atoms with E-state index in [1.54, 1.807) is 30.3 Å². The Bertz CT molecular complexity index is 1020. The first-order chi connectivity index (χ1) is 12.5. The van der Waals surface area contributed by atoms with Gasteiger partial charge in [-0.1, -0.05) is 24.3 Å². The topological polar surface area (TPSA) is 74.1 Å². The molecule has 0 amide bonds. The molecule has 26 heavy (non-hydrogen) atoms. The largest absolute Gasteiger partial charge is 0.422 e. The number of halogens is 2. The van der Waals surface area contributed by atoms with Gasteiger partial charge in [0.25, 0.3) is 5.92 Å². The lowest BCUT2D eigenvalue weighted by Crippen LogP contribution is -2.18. The molecular weight excluding hydrogens is 344 g/mol. The number of carbonyl (C=O) groups is 2. The molecule has 0 bridgehead atoms. The molecule has 0 fully saturated rings. The molecule has 1 aromatic carbocycles. The van der Waals surface area contributed by atoms with Gasteiger partial charge >= 0.3 is 5.97 Å². The van der Waals surface area contributed by atoms with Crippen LogP contribution in [0.3, 0.4) is 0 Å². The van der Waals surface area contributed by atoms with Gasteiger partial charge in [-0.15, -0.1) is 0 Å². The van der Waals surface area contributed by atoms with Crippen LogP contribution in [0.5, 0.6) is 5.75 Å². The Morgan fingerprint density at radius 3 is 2.65 bits per heavy atom. The summed E-state index contributed by atoms with van der Waals surface area (Å²) in [6.07, 6.45) is 0.200. The van der Waals surface area contributed by atoms with Gasteiger partial charge in [-0.3, -0.25) is 4.79 Å². The van der Waals surface area contributed by atoms with E-state index in [1.165, 1.54) is 18.2 Å². The first kappa shape index (κ1) is 16.1. The second kappa shape index (κ2) is 5.83. The van der Waals surface area contributed by atoms with Crippen LogP contribution in [-0.2, 0) is 5.92 Å². The monoisotopic (exact) mass is 355 g/mol. The van der Waals surface area contributed by atoms with E-state index in [1.807, 2.05) is 0 Å². The maximum Gasteiger partial charge on any atom is 0.362 e. The molecule has 0 spiro atoms. The van der Waals surface area contributed by atoms with Gasteiger partial charge in [-0.25, -0.2) is 14.5 Å². The van der Waals surface area contributed by atoms with E-state index in [0.29, 0.717) is 5.75 Å². The fourth-order valence-corrected chi connectivity index (χ4v) is 2.76. The fraction of sp³-hybridized carbons (Fsp3) is 0.111. The zero-order chi connectivity index (χ0) is 18.3. The average Bonchev–Trinajstić information content (AvgIpc) is 3.17. The van der Waals surface area contributed by atoms with E-state index < -0.39 is 29.8 Å². The van der Waals surface area contributed by atoms with Crippen molar-refractivity contribution >= 4 is 11.8 Å². The van der Waals surface area contributed by atoms with E-state index in [0.717, 1.165) is 10.9 Å². The van der Waals surface area contributed by atoms with Crippen LogP contribution in [0.1, 0.15) is 33.0 Å². The molecule has 0 saturated heterocycles. The van der Waals surface area contributed by atoms with Crippen LogP contribution in [0, 0.1) is 0 Å². The van der Waals surface area contributed by atoms with Crippen molar-refractivity contribution in [2.24, 2.45) is 0 Å². The summed E-state index contributed by atoms with van der Waals surface area (Å²) in [5.74, 6) is -4.39. The Morgan fingerprint density at radius 2 is 1.88 bits per heavy atom. The van der Waals surface area contributed by atoms with Crippen molar-refractivity contribution in [3.8, 4) is 11.6 Å². The molecule has 2 aromatic heterocycles. The Labute approximate surface area is 146 Å². The third kappa shape index (κ3) is 2.65. The molecule has 4 rings (SSSR count). The fourth-order valence-electron chi connectivity index (χ4n) is 2.76. The summed E-state index contributed by atoms with van der Waals surface area (Å²) < 4.78 is 34.3. The van der Waals surface area contributed by atoms with Crippen LogP contribution in [-0.4, -0.2) is 26.5 Å². The van der Waals surface area contributed by atoms with Crippen LogP contribution < -0.4 is 4.74 Å². The van der Waals surface area contributed by atoms with Gasteiger partial charge in [0.2, 0.25) is 0 Å². The molecule has 0 N–H and O–H groups in total. The van der Waals surface area contributed by atoms with E-state index in [4.69, 9.17) is 4.74 Å². The summed E-state index contributed by atoms with van der Waals surface area (Å²) in [6, 6.07) is 12.7. The Morgan fingerprint density at radius 1 is 1.12 bits per heavy atom. The molecule has 130 valence electrons. The lowest BCUT2D eigenvalue weighted by molar-refractivity contribution is -0.00542. The molecule has 2 heterocycles. The number of rotatable bonds is 3. The van der Waals surface area contributed by atoms with Crippen molar-refractivity contribution in [2.75, 3.05) is 0 Å². The second-order valence-corrected chi connectivity index (χ2v) is 5.71. The number of para-hydroxylation sites is 1. The minimum Gasteiger partial charge on any atom is -0.422 e. The first-order valence-corrected chi connectivity index (χ1v) is 7.70. The number of fused-ring (bicyclic) bond motifs is 1.